The van der Waals surface area contributed by atoms with Crippen LogP contribution < -0.4 is 10.0 Å². The molecule has 8 heteroatoms. The topological polar surface area (TPSA) is 75.3 Å². The van der Waals surface area contributed by atoms with Gasteiger partial charge in [0.15, 0.2) is 0 Å². The van der Waals surface area contributed by atoms with Crippen molar-refractivity contribution >= 4 is 37.5 Å². The average molecular weight is 415 g/mol. The normalized spacial score (nSPS) is 11.3. The van der Waals surface area contributed by atoms with Crippen molar-refractivity contribution in [2.75, 3.05) is 12.4 Å². The van der Waals surface area contributed by atoms with Crippen LogP contribution in [0.1, 0.15) is 12.0 Å². The van der Waals surface area contributed by atoms with Crippen molar-refractivity contribution in [3.05, 3.63) is 58.3 Å². The molecule has 2 aromatic carbocycles. The molecular weight excluding hydrogens is 399 g/mol. The van der Waals surface area contributed by atoms with Gasteiger partial charge >= 0.3 is 0 Å². The zero-order valence-corrected chi connectivity index (χ0v) is 15.2. The molecule has 0 radical (unpaired) electrons. The lowest BCUT2D eigenvalue weighted by atomic mass is 10.1. The number of aryl methyl sites for hydroxylation is 1. The summed E-state index contributed by atoms with van der Waals surface area (Å²) >= 11 is 3.15. The molecule has 0 aliphatic rings. The van der Waals surface area contributed by atoms with E-state index < -0.39 is 15.8 Å². The van der Waals surface area contributed by atoms with Crippen molar-refractivity contribution in [2.45, 2.75) is 17.7 Å². The predicted molar refractivity (Wildman–Crippen MR) is 93.7 cm³/mol. The van der Waals surface area contributed by atoms with Crippen molar-refractivity contribution < 1.29 is 17.6 Å². The molecule has 0 heterocycles. The molecule has 0 spiro atoms. The number of benzene rings is 2. The first-order chi connectivity index (χ1) is 11.3. The summed E-state index contributed by atoms with van der Waals surface area (Å²) < 4.78 is 39.7. The second-order valence-corrected chi connectivity index (χ2v) is 7.83. The van der Waals surface area contributed by atoms with Crippen LogP contribution in [0.3, 0.4) is 0 Å². The number of hydrogen-bond acceptors (Lipinski definition) is 3. The third-order valence-electron chi connectivity index (χ3n) is 3.35. The third kappa shape index (κ3) is 4.86. The molecule has 0 unspecified atom stereocenters. The summed E-state index contributed by atoms with van der Waals surface area (Å²) in [7, 11) is -2.13. The molecule has 2 N–H and O–H groups in total. The van der Waals surface area contributed by atoms with Crippen LogP contribution in [0.5, 0.6) is 0 Å². The van der Waals surface area contributed by atoms with E-state index in [0.29, 0.717) is 10.9 Å². The molecule has 0 aliphatic heterocycles. The highest BCUT2D eigenvalue weighted by Crippen LogP contribution is 2.19. The van der Waals surface area contributed by atoms with E-state index in [4.69, 9.17) is 0 Å². The summed E-state index contributed by atoms with van der Waals surface area (Å²) in [5.41, 5.74) is 0.940. The molecular formula is C16H16BrFN2O3S. The number of halogens is 2. The molecule has 2 rings (SSSR count). The minimum Gasteiger partial charge on any atom is -0.324 e. The van der Waals surface area contributed by atoms with Crippen LogP contribution in [0.15, 0.2) is 51.8 Å². The van der Waals surface area contributed by atoms with Gasteiger partial charge in [-0.2, -0.15) is 0 Å². The van der Waals surface area contributed by atoms with E-state index in [-0.39, 0.29) is 22.9 Å². The summed E-state index contributed by atoms with van der Waals surface area (Å²) in [6.07, 6.45) is 0.581. The smallest absolute Gasteiger partial charge is 0.240 e. The molecule has 24 heavy (non-hydrogen) atoms. The maximum atomic E-state index is 13.7. The Balaban J connectivity index is 1.94. The summed E-state index contributed by atoms with van der Waals surface area (Å²) in [5.74, 6) is -0.831. The number of carbonyl (C=O) groups excluding carboxylic acids is 1. The maximum Gasteiger partial charge on any atom is 0.240 e. The molecule has 0 aliphatic carbocycles. The minimum absolute atomic E-state index is 0.124. The zero-order valence-electron chi connectivity index (χ0n) is 12.8. The molecule has 0 fully saturated rings. The van der Waals surface area contributed by atoms with Crippen LogP contribution in [0, 0.1) is 5.82 Å². The van der Waals surface area contributed by atoms with E-state index in [1.54, 1.807) is 18.2 Å². The Morgan fingerprint density at radius 2 is 1.83 bits per heavy atom. The van der Waals surface area contributed by atoms with Gasteiger partial charge in [0.25, 0.3) is 0 Å². The minimum atomic E-state index is -3.47. The van der Waals surface area contributed by atoms with Gasteiger partial charge in [0, 0.05) is 10.9 Å². The van der Waals surface area contributed by atoms with E-state index in [1.807, 2.05) is 0 Å². The van der Waals surface area contributed by atoms with Gasteiger partial charge in [-0.05, 0) is 49.4 Å². The first-order valence-corrected chi connectivity index (χ1v) is 9.37. The number of carbonyl (C=O) groups is 1. The number of nitrogens with one attached hydrogen (secondary N) is 2. The molecule has 5 nitrogen and oxygen atoms in total. The standard InChI is InChI=1S/C16H16BrFN2O3S/c1-19-24(22,23)13-6-2-11(3-7-13)4-9-16(21)20-15-8-5-12(17)10-14(15)18/h2-3,5-8,10,19H,4,9H2,1H3,(H,20,21). The lowest BCUT2D eigenvalue weighted by molar-refractivity contribution is -0.116. The first kappa shape index (κ1) is 18.6. The van der Waals surface area contributed by atoms with Gasteiger partial charge < -0.3 is 5.32 Å². The molecule has 0 bridgehead atoms. The highest BCUT2D eigenvalue weighted by molar-refractivity contribution is 9.10. The van der Waals surface area contributed by atoms with Crippen LogP contribution in [-0.4, -0.2) is 21.4 Å². The van der Waals surface area contributed by atoms with Gasteiger partial charge in [0.1, 0.15) is 5.82 Å². The van der Waals surface area contributed by atoms with E-state index in [1.165, 1.54) is 31.3 Å². The molecule has 0 saturated carbocycles. The SMILES string of the molecule is CNS(=O)(=O)c1ccc(CCC(=O)Nc2ccc(Br)cc2F)cc1. The Morgan fingerprint density at radius 1 is 1.17 bits per heavy atom. The van der Waals surface area contributed by atoms with Crippen LogP contribution in [0.4, 0.5) is 10.1 Å². The third-order valence-corrected chi connectivity index (χ3v) is 5.27. The Hall–Kier alpha value is -1.77. The highest BCUT2D eigenvalue weighted by Gasteiger charge is 2.11. The van der Waals surface area contributed by atoms with Crippen LogP contribution in [0.2, 0.25) is 0 Å². The summed E-state index contributed by atoms with van der Waals surface area (Å²) in [5, 5.41) is 2.51. The zero-order chi connectivity index (χ0) is 17.7. The van der Waals surface area contributed by atoms with Gasteiger partial charge in [-0.3, -0.25) is 4.79 Å². The number of amides is 1. The molecule has 0 saturated heterocycles. The number of rotatable bonds is 6. The predicted octanol–water partition coefficient (Wildman–Crippen LogP) is 3.07. The van der Waals surface area contributed by atoms with Crippen molar-refractivity contribution in [3.8, 4) is 0 Å². The number of sulfonamides is 1. The molecule has 2 aromatic rings. The molecule has 128 valence electrons. The molecule has 0 atom stereocenters. The quantitative estimate of drug-likeness (QED) is 0.762. The summed E-state index contributed by atoms with van der Waals surface area (Å²) in [4.78, 5) is 12.1. The fraction of sp³-hybridized carbons (Fsp3) is 0.188. The highest BCUT2D eigenvalue weighted by atomic mass is 79.9. The second-order valence-electron chi connectivity index (χ2n) is 5.02. The average Bonchev–Trinajstić information content (AvgIpc) is 2.56. The van der Waals surface area contributed by atoms with Crippen molar-refractivity contribution in [1.29, 1.82) is 0 Å². The van der Waals surface area contributed by atoms with Gasteiger partial charge in [0.2, 0.25) is 15.9 Å². The van der Waals surface area contributed by atoms with Gasteiger partial charge in [0.05, 0.1) is 10.6 Å². The first-order valence-electron chi connectivity index (χ1n) is 7.09. The lowest BCUT2D eigenvalue weighted by Gasteiger charge is -2.07. The Bertz CT molecular complexity index is 839. The van der Waals surface area contributed by atoms with E-state index in [9.17, 15) is 17.6 Å². The van der Waals surface area contributed by atoms with E-state index in [2.05, 4.69) is 26.0 Å². The Labute approximate surface area is 148 Å². The molecule has 1 amide bonds. The van der Waals surface area contributed by atoms with Crippen molar-refractivity contribution in [1.82, 2.24) is 4.72 Å². The monoisotopic (exact) mass is 414 g/mol. The van der Waals surface area contributed by atoms with E-state index in [0.717, 1.165) is 5.56 Å². The number of hydrogen-bond donors (Lipinski definition) is 2. The van der Waals surface area contributed by atoms with Gasteiger partial charge in [-0.25, -0.2) is 17.5 Å². The maximum absolute atomic E-state index is 13.7. The number of anilines is 1. The molecule has 0 aromatic heterocycles. The largest absolute Gasteiger partial charge is 0.324 e. The fourth-order valence-corrected chi connectivity index (χ4v) is 3.08. The Kier molecular flexibility index (Phi) is 6.09. The van der Waals surface area contributed by atoms with Crippen molar-refractivity contribution in [2.24, 2.45) is 0 Å². The van der Waals surface area contributed by atoms with Crippen LogP contribution in [0.25, 0.3) is 0 Å². The lowest BCUT2D eigenvalue weighted by Crippen LogP contribution is -2.18. The fourth-order valence-electron chi connectivity index (χ4n) is 2.01. The second kappa shape index (κ2) is 7.87. The van der Waals surface area contributed by atoms with Crippen LogP contribution in [-0.2, 0) is 21.2 Å². The summed E-state index contributed by atoms with van der Waals surface area (Å²) in [6.45, 7) is 0. The van der Waals surface area contributed by atoms with Gasteiger partial charge in [-0.15, -0.1) is 0 Å². The Morgan fingerprint density at radius 3 is 2.42 bits per heavy atom. The van der Waals surface area contributed by atoms with Crippen LogP contribution >= 0.6 is 15.9 Å². The summed E-state index contributed by atoms with van der Waals surface area (Å²) in [6, 6.07) is 10.7. The van der Waals surface area contributed by atoms with Crippen molar-refractivity contribution in [3.63, 3.8) is 0 Å². The van der Waals surface area contributed by atoms with Gasteiger partial charge in [-0.1, -0.05) is 28.1 Å². The van der Waals surface area contributed by atoms with E-state index >= 15 is 0 Å².